The molecule has 3 rings (SSSR count). The van der Waals surface area contributed by atoms with E-state index in [-0.39, 0.29) is 24.9 Å². The van der Waals surface area contributed by atoms with Gasteiger partial charge in [0, 0.05) is 44.3 Å². The van der Waals surface area contributed by atoms with Gasteiger partial charge < -0.3 is 20.3 Å². The number of benzene rings is 2. The van der Waals surface area contributed by atoms with E-state index in [1.165, 1.54) is 11.1 Å². The highest BCUT2D eigenvalue weighted by atomic mass is 35.5. The Hall–Kier alpha value is -2.81. The quantitative estimate of drug-likeness (QED) is 0.435. The molecule has 0 fully saturated rings. The molecule has 0 unspecified atom stereocenters. The highest BCUT2D eigenvalue weighted by Gasteiger charge is 2.27. The van der Waals surface area contributed by atoms with Crippen LogP contribution in [0.15, 0.2) is 42.5 Å². The van der Waals surface area contributed by atoms with E-state index in [9.17, 15) is 9.59 Å². The van der Waals surface area contributed by atoms with Crippen LogP contribution >= 0.6 is 11.6 Å². The molecule has 2 aromatic carbocycles. The van der Waals surface area contributed by atoms with Crippen LogP contribution in [-0.4, -0.2) is 67.7 Å². The van der Waals surface area contributed by atoms with Crippen LogP contribution in [0.25, 0.3) is 0 Å². The summed E-state index contributed by atoms with van der Waals surface area (Å²) in [6.45, 7) is 8.96. The fourth-order valence-corrected chi connectivity index (χ4v) is 4.15. The van der Waals surface area contributed by atoms with Gasteiger partial charge in [-0.3, -0.25) is 14.6 Å². The number of amides is 2. The summed E-state index contributed by atoms with van der Waals surface area (Å²) in [5.74, 6) is 0.270. The molecule has 0 radical (unpaired) electrons. The number of carbonyl (C=O) groups excluding carboxylic acids is 2. The predicted molar refractivity (Wildman–Crippen MR) is 139 cm³/mol. The van der Waals surface area contributed by atoms with Crippen molar-refractivity contribution in [2.45, 2.75) is 39.9 Å². The van der Waals surface area contributed by atoms with E-state index in [0.29, 0.717) is 55.3 Å². The summed E-state index contributed by atoms with van der Waals surface area (Å²) in [5.41, 5.74) is 3.04. The fraction of sp³-hybridized carbons (Fsp3) is 0.462. The van der Waals surface area contributed by atoms with Crippen LogP contribution in [0.1, 0.15) is 31.9 Å². The van der Waals surface area contributed by atoms with Gasteiger partial charge in [0.2, 0.25) is 5.91 Å². The zero-order chi connectivity index (χ0) is 25.4. The van der Waals surface area contributed by atoms with E-state index in [0.717, 1.165) is 0 Å². The Morgan fingerprint density at radius 2 is 1.77 bits per heavy atom. The molecule has 190 valence electrons. The molecule has 0 atom stereocenters. The summed E-state index contributed by atoms with van der Waals surface area (Å²) in [7, 11) is 1.77. The molecule has 35 heavy (non-hydrogen) atoms. The minimum absolute atomic E-state index is 0.00141. The lowest BCUT2D eigenvalue weighted by Gasteiger charge is -2.32. The fourth-order valence-electron chi connectivity index (χ4n) is 3.98. The number of hydrogen-bond acceptors (Lipinski definition) is 6. The van der Waals surface area contributed by atoms with Gasteiger partial charge in [-0.2, -0.15) is 0 Å². The molecule has 2 aromatic rings. The predicted octanol–water partition coefficient (Wildman–Crippen LogP) is 3.05. The summed E-state index contributed by atoms with van der Waals surface area (Å²) in [5, 5.41) is 10.3. The van der Waals surface area contributed by atoms with E-state index in [2.05, 4.69) is 36.6 Å². The topological polar surface area (TPSA) is 77.1 Å². The molecule has 0 bridgehead atoms. The van der Waals surface area contributed by atoms with E-state index < -0.39 is 0 Å². The number of halogens is 1. The van der Waals surface area contributed by atoms with Crippen molar-refractivity contribution in [2.24, 2.45) is 0 Å². The van der Waals surface area contributed by atoms with Gasteiger partial charge in [0.05, 0.1) is 25.4 Å². The average molecular weight is 502 g/mol. The summed E-state index contributed by atoms with van der Waals surface area (Å²) < 4.78 is 5.79. The Morgan fingerprint density at radius 1 is 1.09 bits per heavy atom. The largest absolute Gasteiger partial charge is 0.492 e. The molecule has 0 saturated heterocycles. The molecule has 1 aliphatic rings. The van der Waals surface area contributed by atoms with Crippen LogP contribution in [0.5, 0.6) is 5.75 Å². The lowest BCUT2D eigenvalue weighted by Crippen LogP contribution is -2.48. The number of nitrogens with one attached hydrogen (secondary N) is 2. The molecule has 1 aliphatic heterocycles. The normalized spacial score (nSPS) is 13.0. The van der Waals surface area contributed by atoms with Gasteiger partial charge in [0.15, 0.2) is 0 Å². The van der Waals surface area contributed by atoms with Gasteiger partial charge in [0.1, 0.15) is 5.75 Å². The Bertz CT molecular complexity index is 991. The third-order valence-corrected chi connectivity index (χ3v) is 6.07. The van der Waals surface area contributed by atoms with E-state index >= 15 is 0 Å². The highest BCUT2D eigenvalue weighted by Crippen LogP contribution is 2.32. The first-order chi connectivity index (χ1) is 16.8. The zero-order valence-electron chi connectivity index (χ0n) is 21.0. The second kappa shape index (κ2) is 12.8. The lowest BCUT2D eigenvalue weighted by molar-refractivity contribution is -0.145. The van der Waals surface area contributed by atoms with Gasteiger partial charge in [-0.15, -0.1) is 0 Å². The summed E-state index contributed by atoms with van der Waals surface area (Å²) in [6.07, 6.45) is 0. The first-order valence-corrected chi connectivity index (χ1v) is 12.4. The number of rotatable bonds is 12. The minimum Gasteiger partial charge on any atom is -0.492 e. The molecule has 2 amide bonds. The number of nitrogens with zero attached hydrogens (tertiary/aromatic N) is 3. The van der Waals surface area contributed by atoms with Crippen LogP contribution < -0.4 is 20.3 Å². The Labute approximate surface area is 213 Å². The maximum Gasteiger partial charge on any atom is 0.256 e. The summed E-state index contributed by atoms with van der Waals surface area (Å²) in [6, 6.07) is 13.8. The van der Waals surface area contributed by atoms with Crippen LogP contribution in [0.2, 0.25) is 5.02 Å². The SMILES string of the molecule is CCOc1ccc(Cl)cc1N(CC(=O)NCCNC(C)C)CC(=O)N(C)N1Cc2ccccc2C1. The van der Waals surface area contributed by atoms with E-state index in [1.807, 2.05) is 24.1 Å². The van der Waals surface area contributed by atoms with Crippen LogP contribution in [-0.2, 0) is 22.7 Å². The monoisotopic (exact) mass is 501 g/mol. The van der Waals surface area contributed by atoms with Crippen molar-refractivity contribution in [1.82, 2.24) is 20.7 Å². The molecule has 0 saturated carbocycles. The molecule has 1 heterocycles. The molecule has 9 heteroatoms. The van der Waals surface area contributed by atoms with Crippen molar-refractivity contribution in [3.63, 3.8) is 0 Å². The van der Waals surface area contributed by atoms with Crippen molar-refractivity contribution >= 4 is 29.1 Å². The van der Waals surface area contributed by atoms with Crippen molar-refractivity contribution in [2.75, 3.05) is 44.7 Å². The van der Waals surface area contributed by atoms with Gasteiger partial charge in [-0.25, -0.2) is 5.01 Å². The number of fused-ring (bicyclic) bond motifs is 1. The molecule has 0 aromatic heterocycles. The van der Waals surface area contributed by atoms with Gasteiger partial charge in [0.25, 0.3) is 5.91 Å². The molecular formula is C26H36ClN5O3. The first kappa shape index (κ1) is 26.8. The number of carbonyl (C=O) groups is 2. The molecule has 2 N–H and O–H groups in total. The van der Waals surface area contributed by atoms with Gasteiger partial charge in [-0.05, 0) is 36.2 Å². The van der Waals surface area contributed by atoms with E-state index in [1.54, 1.807) is 35.2 Å². The number of anilines is 1. The average Bonchev–Trinajstić information content (AvgIpc) is 3.26. The van der Waals surface area contributed by atoms with Crippen molar-refractivity contribution in [1.29, 1.82) is 0 Å². The first-order valence-electron chi connectivity index (χ1n) is 12.0. The molecule has 0 aliphatic carbocycles. The smallest absolute Gasteiger partial charge is 0.256 e. The number of ether oxygens (including phenoxy) is 1. The summed E-state index contributed by atoms with van der Waals surface area (Å²) in [4.78, 5) is 27.9. The van der Waals surface area contributed by atoms with Crippen LogP contribution in [0, 0.1) is 0 Å². The molecular weight excluding hydrogens is 466 g/mol. The third kappa shape index (κ3) is 7.59. The lowest BCUT2D eigenvalue weighted by atomic mass is 10.1. The summed E-state index contributed by atoms with van der Waals surface area (Å²) >= 11 is 6.29. The van der Waals surface area contributed by atoms with Gasteiger partial charge >= 0.3 is 0 Å². The zero-order valence-corrected chi connectivity index (χ0v) is 21.8. The second-order valence-corrected chi connectivity index (χ2v) is 9.31. The maximum absolute atomic E-state index is 13.4. The molecule has 8 nitrogen and oxygen atoms in total. The molecule has 0 spiro atoms. The Balaban J connectivity index is 1.73. The standard InChI is InChI=1S/C26H36ClN5O3/c1-5-35-24-11-10-22(27)14-23(24)31(17-25(33)29-13-12-28-19(2)3)18-26(34)30(4)32-15-20-8-6-7-9-21(20)16-32/h6-11,14,19,28H,5,12-13,15-18H2,1-4H3,(H,29,33). The van der Waals surface area contributed by atoms with Crippen molar-refractivity contribution in [3.8, 4) is 5.75 Å². The highest BCUT2D eigenvalue weighted by molar-refractivity contribution is 6.31. The van der Waals surface area contributed by atoms with E-state index in [4.69, 9.17) is 16.3 Å². The maximum atomic E-state index is 13.4. The number of likely N-dealkylation sites (N-methyl/N-ethyl adjacent to an activating group) is 1. The van der Waals surface area contributed by atoms with Gasteiger partial charge in [-0.1, -0.05) is 49.7 Å². The number of hydrazine groups is 1. The minimum atomic E-state index is -0.179. The Morgan fingerprint density at radius 3 is 2.40 bits per heavy atom. The van der Waals surface area contributed by atoms with Crippen LogP contribution in [0.4, 0.5) is 5.69 Å². The van der Waals surface area contributed by atoms with Crippen molar-refractivity contribution in [3.05, 3.63) is 58.6 Å². The van der Waals surface area contributed by atoms with Crippen molar-refractivity contribution < 1.29 is 14.3 Å². The van der Waals surface area contributed by atoms with Crippen LogP contribution in [0.3, 0.4) is 0 Å². The number of hydrogen-bond donors (Lipinski definition) is 2. The second-order valence-electron chi connectivity index (χ2n) is 8.87. The third-order valence-electron chi connectivity index (χ3n) is 5.83. The Kier molecular flexibility index (Phi) is 9.77.